The first kappa shape index (κ1) is 17.1. The molecule has 1 aromatic carbocycles. The second-order valence-electron chi connectivity index (χ2n) is 4.41. The van der Waals surface area contributed by atoms with E-state index in [2.05, 4.69) is 18.2 Å². The van der Waals surface area contributed by atoms with Gasteiger partial charge in [0, 0.05) is 0 Å². The summed E-state index contributed by atoms with van der Waals surface area (Å²) in [5, 5.41) is 0. The standard InChI is InChI=1S/C15H17Cl3N2/c1-4-6-11-8-10(3)9-12(7-5-2)13(11)20-14(19)15(16,17)18/h4-5,8-9H,1-2,6-7H2,3H3,(H2,19,20). The molecule has 108 valence electrons. The average molecular weight is 332 g/mol. The Morgan fingerprint density at radius 3 is 2.00 bits per heavy atom. The molecular formula is C15H17Cl3N2. The van der Waals surface area contributed by atoms with Crippen molar-refractivity contribution in [1.82, 2.24) is 0 Å². The molecule has 2 nitrogen and oxygen atoms in total. The minimum Gasteiger partial charge on any atom is -0.384 e. The van der Waals surface area contributed by atoms with Crippen molar-refractivity contribution in [2.24, 2.45) is 10.7 Å². The van der Waals surface area contributed by atoms with Crippen molar-refractivity contribution in [1.29, 1.82) is 0 Å². The van der Waals surface area contributed by atoms with Crippen LogP contribution in [0.2, 0.25) is 0 Å². The van der Waals surface area contributed by atoms with Crippen LogP contribution in [0.1, 0.15) is 16.7 Å². The number of amidine groups is 1. The van der Waals surface area contributed by atoms with Crippen LogP contribution in [-0.4, -0.2) is 9.63 Å². The van der Waals surface area contributed by atoms with Crippen LogP contribution in [0.4, 0.5) is 5.69 Å². The molecule has 0 spiro atoms. The predicted octanol–water partition coefficient (Wildman–Crippen LogP) is 4.81. The summed E-state index contributed by atoms with van der Waals surface area (Å²) in [6.45, 7) is 9.52. The second kappa shape index (κ2) is 7.16. The quantitative estimate of drug-likeness (QED) is 0.357. The number of hydrogen-bond acceptors (Lipinski definition) is 1. The van der Waals surface area contributed by atoms with E-state index in [4.69, 9.17) is 40.5 Å². The molecular weight excluding hydrogens is 315 g/mol. The fourth-order valence-corrected chi connectivity index (χ4v) is 2.01. The minimum atomic E-state index is -1.72. The van der Waals surface area contributed by atoms with E-state index >= 15 is 0 Å². The molecule has 0 heterocycles. The van der Waals surface area contributed by atoms with Gasteiger partial charge in [-0.1, -0.05) is 64.7 Å². The lowest BCUT2D eigenvalue weighted by Gasteiger charge is -2.15. The van der Waals surface area contributed by atoms with Gasteiger partial charge >= 0.3 is 0 Å². The number of nitrogens with two attached hydrogens (primary N) is 1. The van der Waals surface area contributed by atoms with Crippen molar-refractivity contribution >= 4 is 46.3 Å². The predicted molar refractivity (Wildman–Crippen MR) is 90.6 cm³/mol. The van der Waals surface area contributed by atoms with Gasteiger partial charge in [0.15, 0.2) is 5.84 Å². The number of benzene rings is 1. The lowest BCUT2D eigenvalue weighted by atomic mass is 9.99. The van der Waals surface area contributed by atoms with Gasteiger partial charge in [-0.25, -0.2) is 4.99 Å². The van der Waals surface area contributed by atoms with Crippen LogP contribution in [0.5, 0.6) is 0 Å². The number of halogens is 3. The van der Waals surface area contributed by atoms with Crippen LogP contribution in [0, 0.1) is 6.92 Å². The maximum Gasteiger partial charge on any atom is 0.247 e. The monoisotopic (exact) mass is 330 g/mol. The Morgan fingerprint density at radius 1 is 1.20 bits per heavy atom. The number of hydrogen-bond donors (Lipinski definition) is 1. The molecule has 0 saturated carbocycles. The molecule has 0 aliphatic rings. The third-order valence-electron chi connectivity index (χ3n) is 2.66. The number of aliphatic imine (C=N–C) groups is 1. The molecule has 0 amide bonds. The topological polar surface area (TPSA) is 38.4 Å². The summed E-state index contributed by atoms with van der Waals surface area (Å²) in [5.74, 6) is -0.0537. The molecule has 2 N–H and O–H groups in total. The van der Waals surface area contributed by atoms with E-state index < -0.39 is 3.79 Å². The maximum atomic E-state index is 5.76. The minimum absolute atomic E-state index is 0.0537. The fraction of sp³-hybridized carbons (Fsp3) is 0.267. The molecule has 20 heavy (non-hydrogen) atoms. The number of aryl methyl sites for hydroxylation is 1. The normalized spacial score (nSPS) is 12.3. The van der Waals surface area contributed by atoms with Gasteiger partial charge in [0.25, 0.3) is 0 Å². The molecule has 0 unspecified atom stereocenters. The van der Waals surface area contributed by atoms with Crippen molar-refractivity contribution in [3.63, 3.8) is 0 Å². The zero-order valence-electron chi connectivity index (χ0n) is 11.3. The smallest absolute Gasteiger partial charge is 0.247 e. The Bertz CT molecular complexity index is 512. The summed E-state index contributed by atoms with van der Waals surface area (Å²) in [5.41, 5.74) is 9.59. The Hall–Kier alpha value is -0.960. The van der Waals surface area contributed by atoms with Gasteiger partial charge in [0.1, 0.15) is 0 Å². The number of rotatable bonds is 5. The zero-order valence-corrected chi connectivity index (χ0v) is 13.6. The summed E-state index contributed by atoms with van der Waals surface area (Å²) in [6.07, 6.45) is 4.93. The third-order valence-corrected chi connectivity index (χ3v) is 3.24. The summed E-state index contributed by atoms with van der Waals surface area (Å²) in [6, 6.07) is 4.05. The first-order valence-electron chi connectivity index (χ1n) is 6.05. The van der Waals surface area contributed by atoms with Gasteiger partial charge in [-0.15, -0.1) is 13.2 Å². The number of nitrogens with zero attached hydrogens (tertiary/aromatic N) is 1. The van der Waals surface area contributed by atoms with Crippen LogP contribution in [-0.2, 0) is 12.8 Å². The molecule has 0 aliphatic carbocycles. The average Bonchev–Trinajstić information content (AvgIpc) is 2.32. The van der Waals surface area contributed by atoms with Crippen molar-refractivity contribution in [2.45, 2.75) is 23.6 Å². The molecule has 0 saturated heterocycles. The second-order valence-corrected chi connectivity index (χ2v) is 6.69. The molecule has 0 fully saturated rings. The molecule has 0 radical (unpaired) electrons. The maximum absolute atomic E-state index is 5.76. The fourth-order valence-electron chi connectivity index (χ4n) is 1.88. The lowest BCUT2D eigenvalue weighted by molar-refractivity contribution is 1.16. The van der Waals surface area contributed by atoms with Crippen LogP contribution >= 0.6 is 34.8 Å². The van der Waals surface area contributed by atoms with E-state index in [1.165, 1.54) is 0 Å². The highest BCUT2D eigenvalue weighted by Gasteiger charge is 2.26. The van der Waals surface area contributed by atoms with Crippen LogP contribution in [0.3, 0.4) is 0 Å². The number of alkyl halides is 3. The Kier molecular flexibility index (Phi) is 6.12. The van der Waals surface area contributed by atoms with E-state index in [0.29, 0.717) is 12.8 Å². The SMILES string of the molecule is C=CCc1cc(C)cc(CC=C)c1N=C(N)C(Cl)(Cl)Cl. The van der Waals surface area contributed by atoms with Crippen molar-refractivity contribution < 1.29 is 0 Å². The molecule has 0 aromatic heterocycles. The zero-order chi connectivity index (χ0) is 15.3. The highest BCUT2D eigenvalue weighted by Crippen LogP contribution is 2.32. The Labute approximate surface area is 134 Å². The first-order valence-corrected chi connectivity index (χ1v) is 7.18. The lowest BCUT2D eigenvalue weighted by Crippen LogP contribution is -2.28. The molecule has 1 aromatic rings. The van der Waals surface area contributed by atoms with E-state index in [9.17, 15) is 0 Å². The van der Waals surface area contributed by atoms with E-state index in [0.717, 1.165) is 22.4 Å². The Balaban J connectivity index is 3.47. The van der Waals surface area contributed by atoms with Crippen LogP contribution < -0.4 is 5.73 Å². The van der Waals surface area contributed by atoms with Gasteiger partial charge in [-0.05, 0) is 30.9 Å². The van der Waals surface area contributed by atoms with Crippen molar-refractivity contribution in [2.75, 3.05) is 0 Å². The van der Waals surface area contributed by atoms with Crippen LogP contribution in [0.25, 0.3) is 0 Å². The molecule has 0 aliphatic heterocycles. The Morgan fingerprint density at radius 2 is 1.65 bits per heavy atom. The highest BCUT2D eigenvalue weighted by molar-refractivity contribution is 6.76. The van der Waals surface area contributed by atoms with E-state index in [-0.39, 0.29) is 5.84 Å². The number of allylic oxidation sites excluding steroid dienone is 2. The highest BCUT2D eigenvalue weighted by atomic mass is 35.6. The summed E-state index contributed by atoms with van der Waals surface area (Å²) in [7, 11) is 0. The van der Waals surface area contributed by atoms with E-state index in [1.54, 1.807) is 12.2 Å². The van der Waals surface area contributed by atoms with Crippen molar-refractivity contribution in [3.05, 3.63) is 54.1 Å². The van der Waals surface area contributed by atoms with Crippen LogP contribution in [0.15, 0.2) is 42.4 Å². The van der Waals surface area contributed by atoms with Gasteiger partial charge < -0.3 is 5.73 Å². The molecule has 1 rings (SSSR count). The molecule has 0 atom stereocenters. The van der Waals surface area contributed by atoms with E-state index in [1.807, 2.05) is 19.1 Å². The van der Waals surface area contributed by atoms with Crippen molar-refractivity contribution in [3.8, 4) is 0 Å². The summed E-state index contributed by atoms with van der Waals surface area (Å²) < 4.78 is -1.72. The third kappa shape index (κ3) is 4.55. The molecule has 5 heteroatoms. The van der Waals surface area contributed by atoms with Gasteiger partial charge in [0.05, 0.1) is 5.69 Å². The first-order chi connectivity index (χ1) is 9.29. The molecule has 0 bridgehead atoms. The summed E-state index contributed by atoms with van der Waals surface area (Å²) >= 11 is 17.3. The van der Waals surface area contributed by atoms with Gasteiger partial charge in [0.2, 0.25) is 3.79 Å². The van der Waals surface area contributed by atoms with Gasteiger partial charge in [-0.3, -0.25) is 0 Å². The van der Waals surface area contributed by atoms with Gasteiger partial charge in [-0.2, -0.15) is 0 Å². The largest absolute Gasteiger partial charge is 0.384 e. The summed E-state index contributed by atoms with van der Waals surface area (Å²) in [4.78, 5) is 4.31.